The molecule has 1 rings (SSSR count). The van der Waals surface area contributed by atoms with E-state index in [4.69, 9.17) is 0 Å². The van der Waals surface area contributed by atoms with E-state index in [-0.39, 0.29) is 13.1 Å². The van der Waals surface area contributed by atoms with Crippen LogP contribution < -0.4 is 5.32 Å². The van der Waals surface area contributed by atoms with E-state index in [1.807, 2.05) is 0 Å². The Labute approximate surface area is 57.0 Å². The van der Waals surface area contributed by atoms with E-state index < -0.39 is 6.30 Å². The van der Waals surface area contributed by atoms with Gasteiger partial charge in [-0.2, -0.15) is 13.2 Å². The van der Waals surface area contributed by atoms with Crippen molar-refractivity contribution in [2.24, 2.45) is 0 Å². The van der Waals surface area contributed by atoms with Crippen LogP contribution >= 0.6 is 0 Å². The van der Waals surface area contributed by atoms with Gasteiger partial charge in [0.15, 0.2) is 0 Å². The van der Waals surface area contributed by atoms with Gasteiger partial charge in [0.25, 0.3) is 0 Å². The van der Waals surface area contributed by atoms with Gasteiger partial charge in [0.05, 0.1) is 0 Å². The third-order valence-electron chi connectivity index (χ3n) is 1.48. The van der Waals surface area contributed by atoms with Crippen LogP contribution in [0.15, 0.2) is 0 Å². The molecule has 1 saturated heterocycles. The molecule has 2 nitrogen and oxygen atoms in total. The fourth-order valence-corrected chi connectivity index (χ4v) is 0.918. The molecule has 0 aliphatic carbocycles. The van der Waals surface area contributed by atoms with Crippen LogP contribution in [0.3, 0.4) is 0 Å². The summed E-state index contributed by atoms with van der Waals surface area (Å²) in [5, 5.41) is 2.85. The Morgan fingerprint density at radius 1 is 1.10 bits per heavy atom. The SMILES string of the molecule is FC(F)(F)N1CCNCC1. The number of alkyl halides is 3. The van der Waals surface area contributed by atoms with E-state index in [1.54, 1.807) is 0 Å². The van der Waals surface area contributed by atoms with Crippen molar-refractivity contribution in [2.45, 2.75) is 6.30 Å². The Bertz CT molecular complexity index is 106. The van der Waals surface area contributed by atoms with Gasteiger partial charge in [0, 0.05) is 26.2 Å². The zero-order chi connectivity index (χ0) is 7.61. The number of piperazine rings is 1. The lowest BCUT2D eigenvalue weighted by Crippen LogP contribution is -2.50. The minimum Gasteiger partial charge on any atom is -0.314 e. The molecule has 0 atom stereocenters. The second-order valence-electron chi connectivity index (χ2n) is 2.20. The number of halogens is 3. The molecule has 0 unspecified atom stereocenters. The molecule has 1 aliphatic rings. The van der Waals surface area contributed by atoms with Crippen molar-refractivity contribution in [1.82, 2.24) is 10.2 Å². The lowest BCUT2D eigenvalue weighted by Gasteiger charge is -2.28. The van der Waals surface area contributed by atoms with Crippen molar-refractivity contribution in [3.8, 4) is 0 Å². The molecule has 10 heavy (non-hydrogen) atoms. The van der Waals surface area contributed by atoms with Gasteiger partial charge in [0.2, 0.25) is 0 Å². The average Bonchev–Trinajstić information content (AvgIpc) is 1.88. The maximum atomic E-state index is 11.8. The lowest BCUT2D eigenvalue weighted by atomic mass is 10.4. The van der Waals surface area contributed by atoms with Crippen LogP contribution in [0, 0.1) is 0 Å². The molecule has 0 aromatic heterocycles. The van der Waals surface area contributed by atoms with Crippen LogP contribution in [0.2, 0.25) is 0 Å². The van der Waals surface area contributed by atoms with Gasteiger partial charge in [-0.1, -0.05) is 0 Å². The monoisotopic (exact) mass is 154 g/mol. The van der Waals surface area contributed by atoms with Crippen molar-refractivity contribution in [3.05, 3.63) is 0 Å². The predicted molar refractivity (Wildman–Crippen MR) is 30.5 cm³/mol. The number of hydrogen-bond donors (Lipinski definition) is 1. The average molecular weight is 154 g/mol. The molecular formula is C5H9F3N2. The summed E-state index contributed by atoms with van der Waals surface area (Å²) in [4.78, 5) is 0.517. The topological polar surface area (TPSA) is 15.3 Å². The Balaban J connectivity index is 2.39. The minimum atomic E-state index is -4.14. The van der Waals surface area contributed by atoms with Gasteiger partial charge in [-0.3, -0.25) is 0 Å². The summed E-state index contributed by atoms with van der Waals surface area (Å²) >= 11 is 0. The van der Waals surface area contributed by atoms with Crippen molar-refractivity contribution in [2.75, 3.05) is 26.2 Å². The molecule has 1 fully saturated rings. The number of hydrogen-bond acceptors (Lipinski definition) is 2. The largest absolute Gasteiger partial charge is 0.460 e. The highest BCUT2D eigenvalue weighted by atomic mass is 19.4. The zero-order valence-electron chi connectivity index (χ0n) is 5.41. The number of rotatable bonds is 0. The second-order valence-corrected chi connectivity index (χ2v) is 2.20. The molecule has 1 N–H and O–H groups in total. The predicted octanol–water partition coefficient (Wildman–Crippen LogP) is 0.411. The molecule has 0 amide bonds. The van der Waals surface area contributed by atoms with Crippen molar-refractivity contribution >= 4 is 0 Å². The summed E-state index contributed by atoms with van der Waals surface area (Å²) < 4.78 is 35.5. The zero-order valence-corrected chi connectivity index (χ0v) is 5.41. The molecule has 1 heterocycles. The van der Waals surface area contributed by atoms with Crippen LogP contribution in [0.5, 0.6) is 0 Å². The van der Waals surface area contributed by atoms with Crippen molar-refractivity contribution in [1.29, 1.82) is 0 Å². The van der Waals surface area contributed by atoms with Crippen molar-refractivity contribution in [3.63, 3.8) is 0 Å². The molecule has 0 radical (unpaired) electrons. The highest BCUT2D eigenvalue weighted by Gasteiger charge is 2.37. The quantitative estimate of drug-likeness (QED) is 0.508. The summed E-state index contributed by atoms with van der Waals surface area (Å²) in [6, 6.07) is 0. The van der Waals surface area contributed by atoms with Crippen LogP contribution in [-0.4, -0.2) is 37.4 Å². The van der Waals surface area contributed by atoms with Gasteiger partial charge >= 0.3 is 6.30 Å². The fourth-order valence-electron chi connectivity index (χ4n) is 0.918. The molecule has 0 spiro atoms. The highest BCUT2D eigenvalue weighted by Crippen LogP contribution is 2.20. The molecule has 0 bridgehead atoms. The first kappa shape index (κ1) is 7.81. The number of nitrogens with one attached hydrogen (secondary N) is 1. The molecule has 60 valence electrons. The normalized spacial score (nSPS) is 23.1. The maximum absolute atomic E-state index is 11.8. The van der Waals surface area contributed by atoms with E-state index in [2.05, 4.69) is 5.32 Å². The van der Waals surface area contributed by atoms with Gasteiger partial charge in [0.1, 0.15) is 0 Å². The van der Waals surface area contributed by atoms with E-state index in [9.17, 15) is 13.2 Å². The smallest absolute Gasteiger partial charge is 0.314 e. The van der Waals surface area contributed by atoms with Gasteiger partial charge in [-0.05, 0) is 0 Å². The van der Waals surface area contributed by atoms with E-state index in [1.165, 1.54) is 0 Å². The van der Waals surface area contributed by atoms with Gasteiger partial charge < -0.3 is 5.32 Å². The molecule has 0 aromatic carbocycles. The Morgan fingerprint density at radius 2 is 1.60 bits per heavy atom. The Kier molecular flexibility index (Phi) is 2.15. The number of nitrogens with zero attached hydrogens (tertiary/aromatic N) is 1. The Morgan fingerprint density at radius 3 is 1.90 bits per heavy atom. The van der Waals surface area contributed by atoms with Crippen LogP contribution in [0.4, 0.5) is 13.2 Å². The summed E-state index contributed by atoms with van der Waals surface area (Å²) in [6.45, 7) is 1.01. The van der Waals surface area contributed by atoms with Gasteiger partial charge in [-0.25, -0.2) is 4.90 Å². The molecule has 0 saturated carbocycles. The third kappa shape index (κ3) is 1.85. The third-order valence-corrected chi connectivity index (χ3v) is 1.48. The highest BCUT2D eigenvalue weighted by molar-refractivity contribution is 4.68. The summed E-state index contributed by atoms with van der Waals surface area (Å²) in [5.74, 6) is 0. The van der Waals surface area contributed by atoms with Crippen LogP contribution in [0.1, 0.15) is 0 Å². The molecular weight excluding hydrogens is 145 g/mol. The first-order chi connectivity index (χ1) is 4.61. The molecule has 0 aromatic rings. The first-order valence-electron chi connectivity index (χ1n) is 3.13. The van der Waals surface area contributed by atoms with E-state index in [0.29, 0.717) is 18.0 Å². The first-order valence-corrected chi connectivity index (χ1v) is 3.13. The van der Waals surface area contributed by atoms with E-state index >= 15 is 0 Å². The standard InChI is InChI=1S/C5H9F3N2/c6-5(7,8)10-3-1-9-2-4-10/h9H,1-4H2. The Hall–Kier alpha value is -0.290. The van der Waals surface area contributed by atoms with Crippen molar-refractivity contribution < 1.29 is 13.2 Å². The van der Waals surface area contributed by atoms with Gasteiger partial charge in [-0.15, -0.1) is 0 Å². The summed E-state index contributed by atoms with van der Waals surface area (Å²) in [5.41, 5.74) is 0. The van der Waals surface area contributed by atoms with Crippen LogP contribution in [-0.2, 0) is 0 Å². The molecule has 1 aliphatic heterocycles. The molecule has 5 heteroatoms. The van der Waals surface area contributed by atoms with Crippen LogP contribution in [0.25, 0.3) is 0 Å². The fraction of sp³-hybridized carbons (Fsp3) is 1.00. The summed E-state index contributed by atoms with van der Waals surface area (Å²) in [7, 11) is 0. The lowest BCUT2D eigenvalue weighted by molar-refractivity contribution is -0.247. The van der Waals surface area contributed by atoms with E-state index in [0.717, 1.165) is 0 Å². The maximum Gasteiger partial charge on any atom is 0.460 e. The second kappa shape index (κ2) is 2.75. The summed E-state index contributed by atoms with van der Waals surface area (Å²) in [6.07, 6.45) is -4.14. The minimum absolute atomic E-state index is 0.0729.